The van der Waals surface area contributed by atoms with Crippen LogP contribution in [-0.4, -0.2) is 46.5 Å². The van der Waals surface area contributed by atoms with Crippen molar-refractivity contribution in [3.63, 3.8) is 0 Å². The van der Waals surface area contributed by atoms with Gasteiger partial charge in [0.1, 0.15) is 0 Å². The molecule has 0 spiro atoms. The highest BCUT2D eigenvalue weighted by atomic mass is 16.2. The predicted molar refractivity (Wildman–Crippen MR) is 117 cm³/mol. The summed E-state index contributed by atoms with van der Waals surface area (Å²) in [5, 5.41) is 1.05. The molecule has 1 aromatic heterocycles. The van der Waals surface area contributed by atoms with E-state index in [-0.39, 0.29) is 23.4 Å². The van der Waals surface area contributed by atoms with Crippen LogP contribution in [0.4, 0.5) is 0 Å². The lowest BCUT2D eigenvalue weighted by Crippen LogP contribution is -2.49. The highest BCUT2D eigenvalue weighted by Gasteiger charge is 2.32. The molecule has 156 valence electrons. The van der Waals surface area contributed by atoms with E-state index in [1.807, 2.05) is 37.4 Å². The molecule has 1 saturated heterocycles. The standard InChI is InChI=1S/C24H33N3O2/c1-25-14-12-21(13-15-25)27(24(29)18-8-4-3-5-9-18)17-20-16-19-10-6-7-11-22(19)26(2)23(20)28/h6-7,10-11,16,18,21H,3-5,8-9,12-15,17H2,1-2H3. The molecule has 2 aromatic rings. The molecular formula is C24H33N3O2. The van der Waals surface area contributed by atoms with E-state index < -0.39 is 0 Å². The molecule has 2 fully saturated rings. The predicted octanol–water partition coefficient (Wildman–Crippen LogP) is 3.54. The van der Waals surface area contributed by atoms with Crippen LogP contribution in [0.3, 0.4) is 0 Å². The molecule has 0 atom stereocenters. The van der Waals surface area contributed by atoms with E-state index in [1.165, 1.54) is 6.42 Å². The molecule has 5 nitrogen and oxygen atoms in total. The molecule has 5 heteroatoms. The molecule has 2 heterocycles. The summed E-state index contributed by atoms with van der Waals surface area (Å²) in [7, 11) is 3.97. The average Bonchev–Trinajstić information content (AvgIpc) is 2.76. The fraction of sp³-hybridized carbons (Fsp3) is 0.583. The minimum Gasteiger partial charge on any atom is -0.335 e. The number of piperidine rings is 1. The van der Waals surface area contributed by atoms with Gasteiger partial charge < -0.3 is 14.4 Å². The van der Waals surface area contributed by atoms with E-state index in [2.05, 4.69) is 16.8 Å². The smallest absolute Gasteiger partial charge is 0.255 e. The molecule has 0 unspecified atom stereocenters. The number of carbonyl (C=O) groups excluding carboxylic acids is 1. The monoisotopic (exact) mass is 395 g/mol. The molecule has 1 saturated carbocycles. The van der Waals surface area contributed by atoms with Gasteiger partial charge in [-0.3, -0.25) is 9.59 Å². The number of aryl methyl sites for hydroxylation is 1. The van der Waals surface area contributed by atoms with Gasteiger partial charge >= 0.3 is 0 Å². The molecule has 1 amide bonds. The summed E-state index contributed by atoms with van der Waals surface area (Å²) in [6.07, 6.45) is 7.51. The van der Waals surface area contributed by atoms with Gasteiger partial charge in [0.15, 0.2) is 0 Å². The number of aromatic nitrogens is 1. The van der Waals surface area contributed by atoms with Crippen LogP contribution in [0.1, 0.15) is 50.5 Å². The normalized spacial score (nSPS) is 19.5. The zero-order valence-electron chi connectivity index (χ0n) is 17.8. The van der Waals surface area contributed by atoms with E-state index in [1.54, 1.807) is 4.57 Å². The first-order valence-corrected chi connectivity index (χ1v) is 11.1. The Hall–Kier alpha value is -2.14. The maximum absolute atomic E-state index is 13.5. The van der Waals surface area contributed by atoms with Gasteiger partial charge in [0, 0.05) is 24.6 Å². The van der Waals surface area contributed by atoms with E-state index in [4.69, 9.17) is 0 Å². The number of nitrogens with zero attached hydrogens (tertiary/aromatic N) is 3. The first-order valence-electron chi connectivity index (χ1n) is 11.1. The molecule has 0 bridgehead atoms. The van der Waals surface area contributed by atoms with Crippen molar-refractivity contribution in [2.24, 2.45) is 13.0 Å². The number of amides is 1. The van der Waals surface area contributed by atoms with Crippen LogP contribution in [-0.2, 0) is 18.4 Å². The number of hydrogen-bond donors (Lipinski definition) is 0. The number of likely N-dealkylation sites (tertiary alicyclic amines) is 1. The Morgan fingerprint density at radius 2 is 1.72 bits per heavy atom. The maximum atomic E-state index is 13.5. The second kappa shape index (κ2) is 8.70. The minimum absolute atomic E-state index is 0.0121. The Balaban J connectivity index is 1.66. The van der Waals surface area contributed by atoms with Crippen LogP contribution >= 0.6 is 0 Å². The quantitative estimate of drug-likeness (QED) is 0.795. The summed E-state index contributed by atoms with van der Waals surface area (Å²) >= 11 is 0. The number of hydrogen-bond acceptors (Lipinski definition) is 3. The lowest BCUT2D eigenvalue weighted by molar-refractivity contribution is -0.140. The Kier molecular flexibility index (Phi) is 6.04. The summed E-state index contributed by atoms with van der Waals surface area (Å²) in [4.78, 5) is 31.0. The lowest BCUT2D eigenvalue weighted by Gasteiger charge is -2.39. The third kappa shape index (κ3) is 4.25. The minimum atomic E-state index is 0.0121. The number of pyridine rings is 1. The van der Waals surface area contributed by atoms with E-state index >= 15 is 0 Å². The van der Waals surface area contributed by atoms with Crippen molar-refractivity contribution in [2.75, 3.05) is 20.1 Å². The summed E-state index contributed by atoms with van der Waals surface area (Å²) in [6.45, 7) is 2.45. The number of para-hydroxylation sites is 1. The van der Waals surface area contributed by atoms with Crippen molar-refractivity contribution < 1.29 is 4.79 Å². The van der Waals surface area contributed by atoms with E-state index in [0.717, 1.165) is 68.1 Å². The fourth-order valence-electron chi connectivity index (χ4n) is 5.06. The lowest BCUT2D eigenvalue weighted by atomic mass is 9.87. The fourth-order valence-corrected chi connectivity index (χ4v) is 5.06. The summed E-state index contributed by atoms with van der Waals surface area (Å²) in [6, 6.07) is 10.2. The van der Waals surface area contributed by atoms with Crippen LogP contribution in [0.15, 0.2) is 35.1 Å². The van der Waals surface area contributed by atoms with Crippen LogP contribution in [0.25, 0.3) is 10.9 Å². The SMILES string of the molecule is CN1CCC(N(Cc2cc3ccccc3n(C)c2=O)C(=O)C2CCCCC2)CC1. The Morgan fingerprint density at radius 1 is 1.03 bits per heavy atom. The number of benzene rings is 1. The van der Waals surface area contributed by atoms with Crippen LogP contribution in [0, 0.1) is 5.92 Å². The molecule has 1 aliphatic carbocycles. The van der Waals surface area contributed by atoms with Gasteiger partial charge in [0.2, 0.25) is 5.91 Å². The second-order valence-corrected chi connectivity index (χ2v) is 8.93. The van der Waals surface area contributed by atoms with Crippen molar-refractivity contribution in [3.05, 3.63) is 46.2 Å². The van der Waals surface area contributed by atoms with Gasteiger partial charge in [-0.15, -0.1) is 0 Å². The van der Waals surface area contributed by atoms with Gasteiger partial charge in [0.25, 0.3) is 5.56 Å². The molecule has 1 aromatic carbocycles. The van der Waals surface area contributed by atoms with Gasteiger partial charge in [-0.2, -0.15) is 0 Å². The van der Waals surface area contributed by atoms with Crippen molar-refractivity contribution in [1.82, 2.24) is 14.4 Å². The van der Waals surface area contributed by atoms with Crippen LogP contribution < -0.4 is 5.56 Å². The molecule has 4 rings (SSSR count). The average molecular weight is 396 g/mol. The summed E-state index contributed by atoms with van der Waals surface area (Å²) in [5.41, 5.74) is 1.68. The molecule has 2 aliphatic rings. The van der Waals surface area contributed by atoms with Gasteiger partial charge in [0.05, 0.1) is 12.1 Å². The number of carbonyl (C=O) groups is 1. The maximum Gasteiger partial charge on any atom is 0.255 e. The number of rotatable bonds is 4. The molecule has 0 N–H and O–H groups in total. The highest BCUT2D eigenvalue weighted by Crippen LogP contribution is 2.29. The highest BCUT2D eigenvalue weighted by molar-refractivity contribution is 5.81. The second-order valence-electron chi connectivity index (χ2n) is 8.93. The van der Waals surface area contributed by atoms with Gasteiger partial charge in [-0.25, -0.2) is 0 Å². The van der Waals surface area contributed by atoms with Gasteiger partial charge in [-0.05, 0) is 63.3 Å². The zero-order chi connectivity index (χ0) is 20.4. The van der Waals surface area contributed by atoms with Crippen molar-refractivity contribution in [1.29, 1.82) is 0 Å². The third-order valence-electron chi connectivity index (χ3n) is 6.91. The summed E-state index contributed by atoms with van der Waals surface area (Å²) in [5.74, 6) is 0.405. The largest absolute Gasteiger partial charge is 0.335 e. The first-order chi connectivity index (χ1) is 14.0. The Labute approximate surface area is 173 Å². The Morgan fingerprint density at radius 3 is 2.45 bits per heavy atom. The Bertz CT molecular complexity index is 921. The summed E-state index contributed by atoms with van der Waals surface area (Å²) < 4.78 is 1.72. The first kappa shape index (κ1) is 20.1. The van der Waals surface area contributed by atoms with Crippen molar-refractivity contribution in [3.8, 4) is 0 Å². The number of fused-ring (bicyclic) bond motifs is 1. The van der Waals surface area contributed by atoms with Gasteiger partial charge in [-0.1, -0.05) is 37.5 Å². The molecular weight excluding hydrogens is 362 g/mol. The van der Waals surface area contributed by atoms with Crippen molar-refractivity contribution >= 4 is 16.8 Å². The van der Waals surface area contributed by atoms with Crippen LogP contribution in [0.5, 0.6) is 0 Å². The molecule has 29 heavy (non-hydrogen) atoms. The molecule has 1 aliphatic heterocycles. The van der Waals surface area contributed by atoms with Crippen LogP contribution in [0.2, 0.25) is 0 Å². The van der Waals surface area contributed by atoms with E-state index in [9.17, 15) is 9.59 Å². The zero-order valence-corrected chi connectivity index (χ0v) is 17.8. The molecule has 0 radical (unpaired) electrons. The topological polar surface area (TPSA) is 45.5 Å². The van der Waals surface area contributed by atoms with E-state index in [0.29, 0.717) is 6.54 Å². The van der Waals surface area contributed by atoms with Crippen molar-refractivity contribution in [2.45, 2.75) is 57.5 Å². The third-order valence-corrected chi connectivity index (χ3v) is 6.91.